The molecule has 6 heteroatoms. The lowest BCUT2D eigenvalue weighted by atomic mass is 9.67. The summed E-state index contributed by atoms with van der Waals surface area (Å²) in [5, 5.41) is 3.17. The molecule has 0 spiro atoms. The third-order valence-electron chi connectivity index (χ3n) is 4.97. The summed E-state index contributed by atoms with van der Waals surface area (Å²) >= 11 is 3.33. The molecule has 2 fully saturated rings. The minimum Gasteiger partial charge on any atom is -0.351 e. The van der Waals surface area contributed by atoms with Crippen LogP contribution in [0.5, 0.6) is 0 Å². The van der Waals surface area contributed by atoms with E-state index in [0.29, 0.717) is 11.8 Å². The number of nitrogens with one attached hydrogen (secondary N) is 1. The van der Waals surface area contributed by atoms with Gasteiger partial charge >= 0.3 is 0 Å². The van der Waals surface area contributed by atoms with Crippen LogP contribution in [0.2, 0.25) is 0 Å². The highest BCUT2D eigenvalue weighted by Gasteiger charge is 2.39. The van der Waals surface area contributed by atoms with Crippen molar-refractivity contribution >= 4 is 21.8 Å². The first-order valence-electron chi connectivity index (χ1n) is 7.94. The molecule has 2 aliphatic rings. The van der Waals surface area contributed by atoms with E-state index in [4.69, 9.17) is 5.73 Å². The highest BCUT2D eigenvalue weighted by molar-refractivity contribution is 9.10. The largest absolute Gasteiger partial charge is 0.351 e. The summed E-state index contributed by atoms with van der Waals surface area (Å²) < 4.78 is 2.23. The third-order valence-corrected chi connectivity index (χ3v) is 5.43. The van der Waals surface area contributed by atoms with E-state index in [1.54, 1.807) is 12.3 Å². The van der Waals surface area contributed by atoms with Crippen LogP contribution >= 0.6 is 15.9 Å². The van der Waals surface area contributed by atoms with Gasteiger partial charge in [-0.2, -0.15) is 0 Å². The molecule has 0 aromatic carbocycles. The zero-order valence-electron chi connectivity index (χ0n) is 12.5. The Morgan fingerprint density at radius 3 is 2.68 bits per heavy atom. The molecule has 2 bridgehead atoms. The van der Waals surface area contributed by atoms with Gasteiger partial charge in [0.25, 0.3) is 5.56 Å². The SMILES string of the molecule is NC1CC2CCCC(C1)C2NC(=O)Cn1cc(Br)ccc1=O. The topological polar surface area (TPSA) is 77.1 Å². The van der Waals surface area contributed by atoms with Crippen LogP contribution in [0.25, 0.3) is 0 Å². The number of aromatic nitrogens is 1. The molecular weight excluding hydrogens is 346 g/mol. The van der Waals surface area contributed by atoms with Crippen LogP contribution < -0.4 is 16.6 Å². The Morgan fingerprint density at radius 1 is 1.32 bits per heavy atom. The Bertz CT molecular complexity index is 602. The minimum absolute atomic E-state index is 0.0697. The van der Waals surface area contributed by atoms with Crippen molar-refractivity contribution in [3.8, 4) is 0 Å². The number of pyridine rings is 1. The van der Waals surface area contributed by atoms with Gasteiger partial charge in [-0.3, -0.25) is 9.59 Å². The Kier molecular flexibility index (Phi) is 4.68. The third kappa shape index (κ3) is 3.43. The first-order valence-corrected chi connectivity index (χ1v) is 8.73. The van der Waals surface area contributed by atoms with Crippen LogP contribution in [0.4, 0.5) is 0 Å². The zero-order valence-corrected chi connectivity index (χ0v) is 14.1. The maximum atomic E-state index is 12.3. The van der Waals surface area contributed by atoms with Gasteiger partial charge < -0.3 is 15.6 Å². The molecular formula is C16H22BrN3O2. The fourth-order valence-corrected chi connectivity index (χ4v) is 4.42. The highest BCUT2D eigenvalue weighted by atomic mass is 79.9. The van der Waals surface area contributed by atoms with E-state index in [-0.39, 0.29) is 30.1 Å². The van der Waals surface area contributed by atoms with E-state index < -0.39 is 0 Å². The van der Waals surface area contributed by atoms with Gasteiger partial charge in [0.1, 0.15) is 6.54 Å². The van der Waals surface area contributed by atoms with Gasteiger partial charge in [0.05, 0.1) is 0 Å². The summed E-state index contributed by atoms with van der Waals surface area (Å²) in [6, 6.07) is 3.65. The first-order chi connectivity index (χ1) is 10.5. The van der Waals surface area contributed by atoms with Crippen molar-refractivity contribution in [1.82, 2.24) is 9.88 Å². The molecule has 3 N–H and O–H groups in total. The van der Waals surface area contributed by atoms with Crippen molar-refractivity contribution in [2.75, 3.05) is 0 Å². The molecule has 1 heterocycles. The number of hydrogen-bond donors (Lipinski definition) is 2. The Balaban J connectivity index is 1.66. The number of halogens is 1. The number of amides is 1. The van der Waals surface area contributed by atoms with E-state index in [0.717, 1.165) is 30.2 Å². The smallest absolute Gasteiger partial charge is 0.251 e. The van der Waals surface area contributed by atoms with Crippen molar-refractivity contribution in [2.24, 2.45) is 17.6 Å². The molecule has 2 unspecified atom stereocenters. The number of hydrogen-bond acceptors (Lipinski definition) is 3. The van der Waals surface area contributed by atoms with Crippen LogP contribution in [0.3, 0.4) is 0 Å². The lowest BCUT2D eigenvalue weighted by Crippen LogP contribution is -2.54. The maximum absolute atomic E-state index is 12.3. The van der Waals surface area contributed by atoms with E-state index >= 15 is 0 Å². The molecule has 0 aliphatic heterocycles. The molecule has 1 amide bonds. The van der Waals surface area contributed by atoms with E-state index in [2.05, 4.69) is 21.2 Å². The Morgan fingerprint density at radius 2 is 2.00 bits per heavy atom. The van der Waals surface area contributed by atoms with Crippen LogP contribution in [0, 0.1) is 11.8 Å². The fraction of sp³-hybridized carbons (Fsp3) is 0.625. The van der Waals surface area contributed by atoms with Crippen molar-refractivity contribution in [3.63, 3.8) is 0 Å². The number of carbonyl (C=O) groups excluding carboxylic acids is 1. The minimum atomic E-state index is -0.163. The second-order valence-corrected chi connectivity index (χ2v) is 7.50. The van der Waals surface area contributed by atoms with Crippen molar-refractivity contribution in [1.29, 1.82) is 0 Å². The second kappa shape index (κ2) is 6.54. The van der Waals surface area contributed by atoms with Crippen LogP contribution in [-0.4, -0.2) is 22.6 Å². The zero-order chi connectivity index (χ0) is 15.7. The molecule has 0 radical (unpaired) electrons. The number of nitrogens with zero attached hydrogens (tertiary/aromatic N) is 1. The van der Waals surface area contributed by atoms with Crippen molar-refractivity contribution in [2.45, 2.75) is 50.7 Å². The van der Waals surface area contributed by atoms with Crippen LogP contribution in [0.15, 0.2) is 27.6 Å². The van der Waals surface area contributed by atoms with Crippen molar-refractivity contribution in [3.05, 3.63) is 33.2 Å². The van der Waals surface area contributed by atoms with Gasteiger partial charge in [-0.05, 0) is 59.5 Å². The van der Waals surface area contributed by atoms with Gasteiger partial charge in [-0.25, -0.2) is 0 Å². The number of nitrogens with two attached hydrogens (primary N) is 1. The predicted octanol–water partition coefficient (Wildman–Crippen LogP) is 1.63. The van der Waals surface area contributed by atoms with Crippen LogP contribution in [-0.2, 0) is 11.3 Å². The lowest BCUT2D eigenvalue weighted by molar-refractivity contribution is -0.124. The van der Waals surface area contributed by atoms with Gasteiger partial charge in [0.15, 0.2) is 0 Å². The Hall–Kier alpha value is -1.14. The molecule has 2 atom stereocenters. The normalized spacial score (nSPS) is 30.8. The summed E-state index contributed by atoms with van der Waals surface area (Å²) in [5.74, 6) is 0.897. The van der Waals surface area contributed by atoms with Gasteiger partial charge in [-0.15, -0.1) is 0 Å². The number of fused-ring (bicyclic) bond motifs is 2. The van der Waals surface area contributed by atoms with E-state index in [1.807, 2.05) is 0 Å². The van der Waals surface area contributed by atoms with Crippen molar-refractivity contribution < 1.29 is 4.79 Å². The van der Waals surface area contributed by atoms with E-state index in [9.17, 15) is 9.59 Å². The molecule has 2 aliphatic carbocycles. The molecule has 120 valence electrons. The first kappa shape index (κ1) is 15.7. The highest BCUT2D eigenvalue weighted by Crippen LogP contribution is 2.39. The molecule has 0 saturated heterocycles. The van der Waals surface area contributed by atoms with Gasteiger partial charge in [0.2, 0.25) is 5.91 Å². The van der Waals surface area contributed by atoms with Crippen LogP contribution in [0.1, 0.15) is 32.1 Å². The number of rotatable bonds is 3. The molecule has 22 heavy (non-hydrogen) atoms. The summed E-state index contributed by atoms with van der Waals surface area (Å²) in [6.45, 7) is 0.0697. The summed E-state index contributed by atoms with van der Waals surface area (Å²) in [5.41, 5.74) is 5.95. The predicted molar refractivity (Wildman–Crippen MR) is 88.4 cm³/mol. The van der Waals surface area contributed by atoms with Gasteiger partial charge in [-0.1, -0.05) is 6.42 Å². The second-order valence-electron chi connectivity index (χ2n) is 6.59. The summed E-state index contributed by atoms with van der Waals surface area (Å²) in [7, 11) is 0. The fourth-order valence-electron chi connectivity index (χ4n) is 4.04. The molecule has 1 aromatic rings. The number of carbonyl (C=O) groups is 1. The monoisotopic (exact) mass is 367 g/mol. The summed E-state index contributed by atoms with van der Waals surface area (Å²) in [4.78, 5) is 24.1. The standard InChI is InChI=1S/C16H22BrN3O2/c17-12-4-5-15(22)20(8-12)9-14(21)19-16-10-2-1-3-11(16)7-13(18)6-10/h4-5,8,10-11,13,16H,1-3,6-7,9,18H2,(H,19,21). The van der Waals surface area contributed by atoms with E-state index in [1.165, 1.54) is 17.1 Å². The Labute approximate surface area is 138 Å². The quantitative estimate of drug-likeness (QED) is 0.852. The molecule has 2 saturated carbocycles. The van der Waals surface area contributed by atoms with Gasteiger partial charge in [0, 0.05) is 28.8 Å². The average molecular weight is 368 g/mol. The molecule has 5 nitrogen and oxygen atoms in total. The molecule has 3 rings (SSSR count). The average Bonchev–Trinajstić information content (AvgIpc) is 2.44. The lowest BCUT2D eigenvalue weighted by Gasteiger charge is -2.45. The summed E-state index contributed by atoms with van der Waals surface area (Å²) in [6.07, 6.45) is 7.17. The maximum Gasteiger partial charge on any atom is 0.251 e. The molecule has 1 aromatic heterocycles.